The van der Waals surface area contributed by atoms with E-state index >= 15 is 0 Å². The first-order valence-electron chi connectivity index (χ1n) is 9.19. The van der Waals surface area contributed by atoms with E-state index in [1.54, 1.807) is 42.8 Å². The second kappa shape index (κ2) is 10.2. The fourth-order valence-corrected chi connectivity index (χ4v) is 5.45. The minimum Gasteiger partial charge on any atom is -0.506 e. The van der Waals surface area contributed by atoms with E-state index in [1.165, 1.54) is 16.7 Å². The largest absolute Gasteiger partial charge is 0.506 e. The van der Waals surface area contributed by atoms with E-state index in [9.17, 15) is 9.90 Å². The second-order valence-electron chi connectivity index (χ2n) is 6.59. The molecule has 10 heteroatoms. The molecule has 1 aliphatic heterocycles. The third-order valence-electron chi connectivity index (χ3n) is 4.33. The summed E-state index contributed by atoms with van der Waals surface area (Å²) in [5.41, 5.74) is 1.37. The normalized spacial score (nSPS) is 16.7. The minimum absolute atomic E-state index is 0.0461. The number of hydrogen-bond acceptors (Lipinski definition) is 6. The fraction of sp³-hybridized carbons (Fsp3) is 0.0455. The highest BCUT2D eigenvalue weighted by Gasteiger charge is 2.34. The van der Waals surface area contributed by atoms with Gasteiger partial charge in [-0.15, -0.1) is 5.10 Å². The highest BCUT2D eigenvalue weighted by Crippen LogP contribution is 2.38. The van der Waals surface area contributed by atoms with Crippen molar-refractivity contribution in [2.45, 2.75) is 6.54 Å². The molecule has 1 fully saturated rings. The zero-order valence-corrected chi connectivity index (χ0v) is 21.8. The van der Waals surface area contributed by atoms with Gasteiger partial charge in [0.2, 0.25) is 0 Å². The van der Waals surface area contributed by atoms with Gasteiger partial charge in [0.1, 0.15) is 11.5 Å². The smallest absolute Gasteiger partial charge is 0.267 e. The van der Waals surface area contributed by atoms with Crippen molar-refractivity contribution in [3.8, 4) is 5.75 Å². The molecule has 0 aliphatic carbocycles. The molecule has 0 radical (unpaired) electrons. The van der Waals surface area contributed by atoms with Crippen molar-refractivity contribution >= 4 is 82.9 Å². The van der Waals surface area contributed by atoms with Gasteiger partial charge >= 0.3 is 0 Å². The maximum absolute atomic E-state index is 13.2. The Bertz CT molecular complexity index is 1260. The average molecular weight is 640 g/mol. The molecule has 3 aromatic rings. The number of aromatic hydroxyl groups is 1. The van der Waals surface area contributed by atoms with Crippen molar-refractivity contribution < 1.29 is 14.3 Å². The lowest BCUT2D eigenvalue weighted by Gasteiger charge is -2.12. The maximum Gasteiger partial charge on any atom is 0.267 e. The van der Waals surface area contributed by atoms with E-state index in [-0.39, 0.29) is 18.2 Å². The fourth-order valence-electron chi connectivity index (χ4n) is 2.85. The summed E-state index contributed by atoms with van der Waals surface area (Å²) in [6.45, 7) is 0.218. The van der Waals surface area contributed by atoms with Crippen LogP contribution in [0.25, 0.3) is 6.08 Å². The van der Waals surface area contributed by atoms with Crippen LogP contribution < -0.4 is 0 Å². The second-order valence-corrected chi connectivity index (χ2v) is 10.3. The van der Waals surface area contributed by atoms with Crippen molar-refractivity contribution in [3.63, 3.8) is 0 Å². The average Bonchev–Trinajstić information content (AvgIpc) is 3.36. The number of furan rings is 1. The van der Waals surface area contributed by atoms with E-state index < -0.39 is 0 Å². The lowest BCUT2D eigenvalue weighted by Crippen LogP contribution is -2.28. The number of halogens is 3. The standard InChI is InChI=1S/C22H14Br3N3O3S/c23-15-4-1-3-13(7-15)11-26-27-22-28(12-17-5-2-6-31-17)21(30)19(32-22)9-14-8-16(24)10-18(25)20(14)29/h1-11,29H,12H2/b19-9-,26-11+,27-22-. The summed E-state index contributed by atoms with van der Waals surface area (Å²) in [6, 6.07) is 14.7. The number of benzene rings is 2. The number of phenols is 1. The quantitative estimate of drug-likeness (QED) is 0.190. The molecule has 32 heavy (non-hydrogen) atoms. The molecule has 0 bridgehead atoms. The molecule has 1 saturated heterocycles. The molecule has 0 atom stereocenters. The van der Waals surface area contributed by atoms with Crippen LogP contribution in [0.1, 0.15) is 16.9 Å². The van der Waals surface area contributed by atoms with Crippen molar-refractivity contribution in [2.24, 2.45) is 10.2 Å². The van der Waals surface area contributed by atoms with Crippen molar-refractivity contribution in [1.29, 1.82) is 0 Å². The van der Waals surface area contributed by atoms with Crippen LogP contribution in [0, 0.1) is 0 Å². The lowest BCUT2D eigenvalue weighted by atomic mass is 10.2. The zero-order valence-electron chi connectivity index (χ0n) is 16.2. The van der Waals surface area contributed by atoms with Gasteiger partial charge in [-0.05, 0) is 75.7 Å². The number of thioether (sulfide) groups is 1. The SMILES string of the molecule is O=C1/C(=C/c2cc(Br)cc(Br)c2O)S/C(=N\N=C\c2cccc(Br)c2)N1Cc1ccco1. The van der Waals surface area contributed by atoms with Crippen LogP contribution in [-0.4, -0.2) is 27.3 Å². The van der Waals surface area contributed by atoms with Crippen molar-refractivity contribution in [3.05, 3.63) is 90.0 Å². The number of amidine groups is 1. The minimum atomic E-state index is -0.252. The number of amides is 1. The molecule has 0 unspecified atom stereocenters. The molecular formula is C22H14Br3N3O3S. The highest BCUT2D eigenvalue weighted by atomic mass is 79.9. The molecule has 1 amide bonds. The van der Waals surface area contributed by atoms with Gasteiger partial charge in [-0.25, -0.2) is 0 Å². The predicted octanol–water partition coefficient (Wildman–Crippen LogP) is 6.78. The summed E-state index contributed by atoms with van der Waals surface area (Å²) < 4.78 is 7.63. The molecule has 1 N–H and O–H groups in total. The van der Waals surface area contributed by atoms with Crippen LogP contribution >= 0.6 is 59.6 Å². The Kier molecular flexibility index (Phi) is 7.34. The van der Waals surface area contributed by atoms with Crippen LogP contribution in [0.4, 0.5) is 0 Å². The Morgan fingerprint density at radius 1 is 1.09 bits per heavy atom. The Labute approximate surface area is 213 Å². The summed E-state index contributed by atoms with van der Waals surface area (Å²) in [7, 11) is 0. The summed E-state index contributed by atoms with van der Waals surface area (Å²) in [4.78, 5) is 15.1. The first-order valence-corrected chi connectivity index (χ1v) is 12.4. The Morgan fingerprint density at radius 3 is 2.69 bits per heavy atom. The number of nitrogens with zero attached hydrogens (tertiary/aromatic N) is 3. The molecule has 4 rings (SSSR count). The van der Waals surface area contributed by atoms with Crippen LogP contribution in [0.15, 0.2) is 87.7 Å². The van der Waals surface area contributed by atoms with E-state index in [4.69, 9.17) is 4.42 Å². The number of hydrogen-bond donors (Lipinski definition) is 1. The monoisotopic (exact) mass is 637 g/mol. The topological polar surface area (TPSA) is 78.4 Å². The third-order valence-corrected chi connectivity index (χ3v) is 6.88. The molecule has 6 nitrogen and oxygen atoms in total. The van der Waals surface area contributed by atoms with Gasteiger partial charge in [0.15, 0.2) is 5.17 Å². The van der Waals surface area contributed by atoms with Crippen LogP contribution in [0.5, 0.6) is 5.75 Å². The van der Waals surface area contributed by atoms with E-state index in [0.29, 0.717) is 25.9 Å². The first-order chi connectivity index (χ1) is 15.4. The number of phenolic OH excluding ortho intramolecular Hbond substituents is 1. The Hall–Kier alpha value is -2.14. The van der Waals surface area contributed by atoms with Gasteiger partial charge < -0.3 is 9.52 Å². The molecular weight excluding hydrogens is 626 g/mol. The van der Waals surface area contributed by atoms with Crippen LogP contribution in [0.3, 0.4) is 0 Å². The number of rotatable bonds is 5. The lowest BCUT2D eigenvalue weighted by molar-refractivity contribution is -0.122. The molecule has 0 spiro atoms. The van der Waals surface area contributed by atoms with Gasteiger partial charge in [-0.1, -0.05) is 44.0 Å². The first kappa shape index (κ1) is 23.0. The van der Waals surface area contributed by atoms with E-state index in [0.717, 1.165) is 14.5 Å². The summed E-state index contributed by atoms with van der Waals surface area (Å²) in [5, 5.41) is 19.2. The molecule has 1 aliphatic rings. The number of carbonyl (C=O) groups is 1. The van der Waals surface area contributed by atoms with E-state index in [2.05, 4.69) is 58.0 Å². The van der Waals surface area contributed by atoms with E-state index in [1.807, 2.05) is 24.3 Å². The van der Waals surface area contributed by atoms with Gasteiger partial charge in [-0.2, -0.15) is 5.10 Å². The van der Waals surface area contributed by atoms with Crippen molar-refractivity contribution in [2.75, 3.05) is 0 Å². The third kappa shape index (κ3) is 5.43. The highest BCUT2D eigenvalue weighted by molar-refractivity contribution is 9.11. The van der Waals surface area contributed by atoms with Gasteiger partial charge in [0, 0.05) is 14.5 Å². The molecule has 1 aromatic heterocycles. The molecule has 2 heterocycles. The maximum atomic E-state index is 13.2. The molecule has 0 saturated carbocycles. The van der Waals surface area contributed by atoms with Gasteiger partial charge in [-0.3, -0.25) is 9.69 Å². The van der Waals surface area contributed by atoms with Gasteiger partial charge in [0.25, 0.3) is 5.91 Å². The predicted molar refractivity (Wildman–Crippen MR) is 138 cm³/mol. The van der Waals surface area contributed by atoms with Crippen LogP contribution in [0.2, 0.25) is 0 Å². The van der Waals surface area contributed by atoms with Gasteiger partial charge in [0.05, 0.1) is 28.4 Å². The Morgan fingerprint density at radius 2 is 1.94 bits per heavy atom. The van der Waals surface area contributed by atoms with Crippen molar-refractivity contribution in [1.82, 2.24) is 4.90 Å². The summed E-state index contributed by atoms with van der Waals surface area (Å²) >= 11 is 11.3. The summed E-state index contributed by atoms with van der Waals surface area (Å²) in [5.74, 6) is 0.417. The number of carbonyl (C=O) groups excluding carboxylic acids is 1. The Balaban J connectivity index is 1.67. The molecule has 162 valence electrons. The van der Waals surface area contributed by atoms with Crippen LogP contribution in [-0.2, 0) is 11.3 Å². The molecule has 2 aromatic carbocycles. The summed E-state index contributed by atoms with van der Waals surface area (Å²) in [6.07, 6.45) is 4.80. The zero-order chi connectivity index (χ0) is 22.7.